The number of hydrogen-bond acceptors (Lipinski definition) is 2. The molecule has 3 heteroatoms. The van der Waals surface area contributed by atoms with Crippen LogP contribution in [0.2, 0.25) is 0 Å². The van der Waals surface area contributed by atoms with Gasteiger partial charge < -0.3 is 0 Å². The van der Waals surface area contributed by atoms with E-state index in [9.17, 15) is 4.79 Å². The monoisotopic (exact) mass is 308 g/mol. The highest BCUT2D eigenvalue weighted by Crippen LogP contribution is 2.21. The van der Waals surface area contributed by atoms with E-state index in [0.717, 1.165) is 26.0 Å². The van der Waals surface area contributed by atoms with Crippen LogP contribution in [0.1, 0.15) is 26.4 Å². The molecule has 0 radical (unpaired) electrons. The molecule has 1 heterocycles. The molecule has 0 spiro atoms. The van der Waals surface area contributed by atoms with E-state index in [0.29, 0.717) is 6.42 Å². The summed E-state index contributed by atoms with van der Waals surface area (Å²) < 4.78 is 1.05. The van der Waals surface area contributed by atoms with Gasteiger partial charge in [-0.05, 0) is 48.0 Å². The summed E-state index contributed by atoms with van der Waals surface area (Å²) in [6, 6.07) is 8.00. The number of ketones is 1. The number of thiophene rings is 1. The first-order valence-corrected chi connectivity index (χ1v) is 7.06. The molecule has 0 amide bonds. The van der Waals surface area contributed by atoms with Crippen LogP contribution in [0.3, 0.4) is 0 Å². The topological polar surface area (TPSA) is 17.1 Å². The number of carbonyl (C=O) groups is 1. The molecule has 1 nitrogen and oxygen atoms in total. The first-order valence-electron chi connectivity index (χ1n) is 5.39. The molecule has 17 heavy (non-hydrogen) atoms. The highest BCUT2D eigenvalue weighted by Gasteiger charge is 2.09. The van der Waals surface area contributed by atoms with Crippen LogP contribution < -0.4 is 0 Å². The van der Waals surface area contributed by atoms with Gasteiger partial charge in [0.15, 0.2) is 5.78 Å². The van der Waals surface area contributed by atoms with Gasteiger partial charge in [0.2, 0.25) is 0 Å². The summed E-state index contributed by atoms with van der Waals surface area (Å²) in [5.74, 6) is 0.186. The number of carbonyl (C=O) groups excluding carboxylic acids is 1. The van der Waals surface area contributed by atoms with E-state index >= 15 is 0 Å². The predicted octanol–water partition coefficient (Wildman–Crippen LogP) is 4.55. The zero-order valence-electron chi connectivity index (χ0n) is 9.79. The van der Waals surface area contributed by atoms with E-state index in [2.05, 4.69) is 22.0 Å². The Morgan fingerprint density at radius 2 is 1.82 bits per heavy atom. The van der Waals surface area contributed by atoms with Crippen molar-refractivity contribution in [2.75, 3.05) is 0 Å². The Balaban J connectivity index is 2.19. The smallest absolute Gasteiger partial charge is 0.168 e. The van der Waals surface area contributed by atoms with Gasteiger partial charge >= 0.3 is 0 Å². The van der Waals surface area contributed by atoms with Crippen molar-refractivity contribution in [3.63, 3.8) is 0 Å². The largest absolute Gasteiger partial charge is 0.294 e. The zero-order chi connectivity index (χ0) is 12.4. The van der Waals surface area contributed by atoms with Crippen molar-refractivity contribution in [3.05, 3.63) is 55.7 Å². The molecule has 1 aromatic carbocycles. The first kappa shape index (κ1) is 12.5. The number of Topliss-reactive ketones (excluding diaryl/α,β-unsaturated/α-hetero) is 1. The van der Waals surface area contributed by atoms with E-state index < -0.39 is 0 Å². The third-order valence-electron chi connectivity index (χ3n) is 2.50. The highest BCUT2D eigenvalue weighted by atomic mass is 79.9. The van der Waals surface area contributed by atoms with Gasteiger partial charge in [-0.25, -0.2) is 0 Å². The Bertz CT molecular complexity index is 537. The Labute approximate surface area is 114 Å². The SMILES string of the molecule is Cc1cc(C)cc(C(=O)Cc2cc(Br)cs2)c1. The average molecular weight is 309 g/mol. The van der Waals surface area contributed by atoms with E-state index in [1.165, 1.54) is 0 Å². The fourth-order valence-corrected chi connectivity index (χ4v) is 3.29. The predicted molar refractivity (Wildman–Crippen MR) is 76.0 cm³/mol. The lowest BCUT2D eigenvalue weighted by Gasteiger charge is -2.03. The summed E-state index contributed by atoms with van der Waals surface area (Å²) in [6.45, 7) is 4.04. The first-order chi connectivity index (χ1) is 8.04. The molecule has 1 aromatic heterocycles. The lowest BCUT2D eigenvalue weighted by molar-refractivity contribution is 0.0993. The summed E-state index contributed by atoms with van der Waals surface area (Å²) in [4.78, 5) is 13.2. The Kier molecular flexibility index (Phi) is 3.79. The number of aryl methyl sites for hydroxylation is 2. The second-order valence-corrected chi connectivity index (χ2v) is 6.12. The molecular weight excluding hydrogens is 296 g/mol. The molecule has 88 valence electrons. The molecule has 0 aliphatic carbocycles. The van der Waals surface area contributed by atoms with Crippen molar-refractivity contribution in [3.8, 4) is 0 Å². The average Bonchev–Trinajstić information content (AvgIpc) is 2.62. The van der Waals surface area contributed by atoms with Crippen molar-refractivity contribution in [1.82, 2.24) is 0 Å². The van der Waals surface area contributed by atoms with Gasteiger partial charge in [-0.15, -0.1) is 11.3 Å². The van der Waals surface area contributed by atoms with Crippen molar-refractivity contribution >= 4 is 33.0 Å². The minimum Gasteiger partial charge on any atom is -0.294 e. The molecule has 0 aliphatic rings. The molecule has 0 saturated heterocycles. The molecule has 2 aromatic rings. The third-order valence-corrected chi connectivity index (χ3v) is 4.20. The van der Waals surface area contributed by atoms with Gasteiger partial charge in [0.25, 0.3) is 0 Å². The van der Waals surface area contributed by atoms with Crippen LogP contribution in [0.25, 0.3) is 0 Å². The van der Waals surface area contributed by atoms with Gasteiger partial charge in [0.05, 0.1) is 0 Å². The van der Waals surface area contributed by atoms with Gasteiger partial charge in [0, 0.05) is 26.7 Å². The number of halogens is 1. The molecule has 0 saturated carbocycles. The second kappa shape index (κ2) is 5.15. The van der Waals surface area contributed by atoms with Crippen molar-refractivity contribution < 1.29 is 4.79 Å². The number of rotatable bonds is 3. The van der Waals surface area contributed by atoms with Crippen LogP contribution in [0, 0.1) is 13.8 Å². The van der Waals surface area contributed by atoms with Crippen molar-refractivity contribution in [2.45, 2.75) is 20.3 Å². The van der Waals surface area contributed by atoms with E-state index in [1.807, 2.05) is 37.4 Å². The normalized spacial score (nSPS) is 10.5. The van der Waals surface area contributed by atoms with Gasteiger partial charge in [-0.3, -0.25) is 4.79 Å². The van der Waals surface area contributed by atoms with Crippen LogP contribution >= 0.6 is 27.3 Å². The molecule has 0 N–H and O–H groups in total. The summed E-state index contributed by atoms with van der Waals surface area (Å²) >= 11 is 5.01. The highest BCUT2D eigenvalue weighted by molar-refractivity contribution is 9.10. The van der Waals surface area contributed by atoms with Crippen LogP contribution in [0.4, 0.5) is 0 Å². The summed E-state index contributed by atoms with van der Waals surface area (Å²) in [7, 11) is 0. The van der Waals surface area contributed by atoms with Crippen LogP contribution in [-0.2, 0) is 6.42 Å². The molecule has 0 bridgehead atoms. The number of benzene rings is 1. The maximum atomic E-state index is 12.1. The molecule has 2 rings (SSSR count). The second-order valence-electron chi connectivity index (χ2n) is 4.21. The fraction of sp³-hybridized carbons (Fsp3) is 0.214. The Hall–Kier alpha value is -0.930. The molecule has 0 atom stereocenters. The maximum absolute atomic E-state index is 12.1. The van der Waals surface area contributed by atoms with E-state index in [4.69, 9.17) is 0 Å². The van der Waals surface area contributed by atoms with Gasteiger partial charge in [-0.1, -0.05) is 17.2 Å². The molecule has 0 aliphatic heterocycles. The zero-order valence-corrected chi connectivity index (χ0v) is 12.2. The molecule has 0 fully saturated rings. The standard InChI is InChI=1S/C14H13BrOS/c1-9-3-10(2)5-11(4-9)14(16)7-13-6-12(15)8-17-13/h3-6,8H,7H2,1-2H3. The minimum atomic E-state index is 0.186. The third kappa shape index (κ3) is 3.27. The molecular formula is C14H13BrOS. The summed E-state index contributed by atoms with van der Waals surface area (Å²) in [5, 5.41) is 2.00. The molecule has 0 unspecified atom stereocenters. The Morgan fingerprint density at radius 1 is 1.18 bits per heavy atom. The fourth-order valence-electron chi connectivity index (χ4n) is 1.84. The van der Waals surface area contributed by atoms with E-state index in [1.54, 1.807) is 11.3 Å². The quantitative estimate of drug-likeness (QED) is 0.760. The summed E-state index contributed by atoms with van der Waals surface area (Å²) in [5.41, 5.74) is 3.09. The number of hydrogen-bond donors (Lipinski definition) is 0. The van der Waals surface area contributed by atoms with Crippen LogP contribution in [0.5, 0.6) is 0 Å². The van der Waals surface area contributed by atoms with Crippen molar-refractivity contribution in [1.29, 1.82) is 0 Å². The van der Waals surface area contributed by atoms with Gasteiger partial charge in [-0.2, -0.15) is 0 Å². The van der Waals surface area contributed by atoms with E-state index in [-0.39, 0.29) is 5.78 Å². The van der Waals surface area contributed by atoms with Crippen LogP contribution in [-0.4, -0.2) is 5.78 Å². The Morgan fingerprint density at radius 3 is 2.35 bits per heavy atom. The lowest BCUT2D eigenvalue weighted by Crippen LogP contribution is -2.03. The minimum absolute atomic E-state index is 0.186. The maximum Gasteiger partial charge on any atom is 0.168 e. The lowest BCUT2D eigenvalue weighted by atomic mass is 10.0. The van der Waals surface area contributed by atoms with Gasteiger partial charge in [0.1, 0.15) is 0 Å². The van der Waals surface area contributed by atoms with Crippen LogP contribution in [0.15, 0.2) is 34.1 Å². The van der Waals surface area contributed by atoms with Crippen molar-refractivity contribution in [2.24, 2.45) is 0 Å². The summed E-state index contributed by atoms with van der Waals surface area (Å²) in [6.07, 6.45) is 0.485.